The van der Waals surface area contributed by atoms with Gasteiger partial charge in [0, 0.05) is 5.56 Å². The largest absolute Gasteiger partial charge is 0.475 e. The van der Waals surface area contributed by atoms with Gasteiger partial charge in [0.05, 0.1) is 0 Å². The smallest absolute Gasteiger partial charge is 0.377 e. The van der Waals surface area contributed by atoms with E-state index < -0.39 is 17.6 Å². The number of rotatable bonds is 2. The van der Waals surface area contributed by atoms with Gasteiger partial charge in [-0.15, -0.1) is 0 Å². The van der Waals surface area contributed by atoms with Gasteiger partial charge in [-0.1, -0.05) is 6.07 Å². The van der Waals surface area contributed by atoms with Gasteiger partial charge < -0.3 is 9.63 Å². The predicted molar refractivity (Wildman–Crippen MR) is 51.4 cm³/mol. The summed E-state index contributed by atoms with van der Waals surface area (Å²) in [5.74, 6) is -2.15. The number of aromatic nitrogens is 2. The number of carboxylic acid groups (broad SMARTS) is 1. The fourth-order valence-electron chi connectivity index (χ4n) is 1.26. The topological polar surface area (TPSA) is 76.2 Å². The molecule has 0 aliphatic carbocycles. The van der Waals surface area contributed by atoms with Crippen molar-refractivity contribution in [2.45, 2.75) is 6.92 Å². The van der Waals surface area contributed by atoms with Crippen molar-refractivity contribution in [2.24, 2.45) is 0 Å². The Morgan fingerprint density at radius 1 is 1.50 bits per heavy atom. The van der Waals surface area contributed by atoms with Gasteiger partial charge in [0.15, 0.2) is 0 Å². The molecule has 0 bridgehead atoms. The zero-order valence-corrected chi connectivity index (χ0v) is 8.27. The van der Waals surface area contributed by atoms with Crippen LogP contribution in [0.2, 0.25) is 0 Å². The summed E-state index contributed by atoms with van der Waals surface area (Å²) < 4.78 is 18.0. The average Bonchev–Trinajstić information content (AvgIpc) is 2.71. The Balaban J connectivity index is 2.50. The molecule has 0 saturated heterocycles. The molecule has 0 aliphatic heterocycles. The van der Waals surface area contributed by atoms with E-state index in [0.717, 1.165) is 0 Å². The highest BCUT2D eigenvalue weighted by atomic mass is 19.1. The number of carbonyl (C=O) groups is 1. The number of hydrogen-bond donors (Lipinski definition) is 1. The second-order valence-electron chi connectivity index (χ2n) is 3.14. The van der Waals surface area contributed by atoms with E-state index in [-0.39, 0.29) is 5.89 Å². The molecule has 1 N–H and O–H groups in total. The number of carboxylic acids is 1. The maximum atomic E-state index is 13.2. The van der Waals surface area contributed by atoms with Crippen molar-refractivity contribution in [1.82, 2.24) is 10.1 Å². The zero-order valence-electron chi connectivity index (χ0n) is 8.27. The van der Waals surface area contributed by atoms with Gasteiger partial charge in [0.2, 0.25) is 0 Å². The first kappa shape index (κ1) is 10.3. The monoisotopic (exact) mass is 222 g/mol. The normalized spacial score (nSPS) is 10.4. The summed E-state index contributed by atoms with van der Waals surface area (Å²) in [7, 11) is 0. The minimum atomic E-state index is -1.29. The summed E-state index contributed by atoms with van der Waals surface area (Å²) in [4.78, 5) is 14.2. The molecule has 1 aromatic carbocycles. The van der Waals surface area contributed by atoms with Crippen LogP contribution in [0.1, 0.15) is 16.2 Å². The third kappa shape index (κ3) is 1.65. The van der Waals surface area contributed by atoms with Crippen molar-refractivity contribution in [3.05, 3.63) is 35.4 Å². The Labute approximate surface area is 89.5 Å². The van der Waals surface area contributed by atoms with Crippen molar-refractivity contribution in [3.63, 3.8) is 0 Å². The molecule has 0 radical (unpaired) electrons. The molecule has 6 heteroatoms. The fraction of sp³-hybridized carbons (Fsp3) is 0.100. The van der Waals surface area contributed by atoms with Crippen molar-refractivity contribution in [2.75, 3.05) is 0 Å². The second-order valence-corrected chi connectivity index (χ2v) is 3.14. The van der Waals surface area contributed by atoms with E-state index in [1.54, 1.807) is 13.0 Å². The highest BCUT2D eigenvalue weighted by Crippen LogP contribution is 2.23. The minimum Gasteiger partial charge on any atom is -0.475 e. The average molecular weight is 222 g/mol. The maximum Gasteiger partial charge on any atom is 0.377 e. The van der Waals surface area contributed by atoms with Gasteiger partial charge in [-0.05, 0) is 29.8 Å². The molecule has 0 spiro atoms. The van der Waals surface area contributed by atoms with E-state index in [4.69, 9.17) is 9.63 Å². The molecule has 5 nitrogen and oxygen atoms in total. The van der Waals surface area contributed by atoms with Crippen LogP contribution in [0.25, 0.3) is 11.5 Å². The summed E-state index contributed by atoms with van der Waals surface area (Å²) in [6.45, 7) is 1.55. The van der Waals surface area contributed by atoms with Gasteiger partial charge in [-0.2, -0.15) is 4.98 Å². The van der Waals surface area contributed by atoms with E-state index in [2.05, 4.69) is 10.1 Å². The Bertz CT molecular complexity index is 551. The Morgan fingerprint density at radius 3 is 2.88 bits per heavy atom. The molecule has 0 aliphatic rings. The van der Waals surface area contributed by atoms with Crippen LogP contribution in [0.5, 0.6) is 0 Å². The third-order valence-electron chi connectivity index (χ3n) is 2.12. The Kier molecular flexibility index (Phi) is 2.40. The molecule has 0 amide bonds. The summed E-state index contributed by atoms with van der Waals surface area (Å²) in [6.07, 6.45) is 0. The van der Waals surface area contributed by atoms with Crippen LogP contribution in [-0.4, -0.2) is 21.2 Å². The molecule has 0 fully saturated rings. The zero-order chi connectivity index (χ0) is 11.7. The van der Waals surface area contributed by atoms with Gasteiger partial charge in [-0.3, -0.25) is 0 Å². The lowest BCUT2D eigenvalue weighted by atomic mass is 10.1. The first-order valence-corrected chi connectivity index (χ1v) is 4.42. The summed E-state index contributed by atoms with van der Waals surface area (Å²) in [6, 6.07) is 4.37. The number of hydrogen-bond acceptors (Lipinski definition) is 4. The van der Waals surface area contributed by atoms with Gasteiger partial charge in [0.25, 0.3) is 11.7 Å². The Hall–Kier alpha value is -2.24. The first-order chi connectivity index (χ1) is 7.59. The number of aromatic carboxylic acids is 1. The minimum absolute atomic E-state index is 0.00519. The number of halogens is 1. The summed E-state index contributed by atoms with van der Waals surface area (Å²) in [5, 5.41) is 11.9. The second kappa shape index (κ2) is 3.73. The van der Waals surface area contributed by atoms with Crippen LogP contribution in [0.3, 0.4) is 0 Å². The number of nitrogens with zero attached hydrogens (tertiary/aromatic N) is 2. The van der Waals surface area contributed by atoms with E-state index in [0.29, 0.717) is 11.1 Å². The number of benzene rings is 1. The molecule has 0 atom stereocenters. The highest BCUT2D eigenvalue weighted by Gasteiger charge is 2.16. The van der Waals surface area contributed by atoms with Crippen molar-refractivity contribution >= 4 is 5.97 Å². The lowest BCUT2D eigenvalue weighted by Gasteiger charge is -2.00. The molecule has 0 saturated carbocycles. The lowest BCUT2D eigenvalue weighted by Crippen LogP contribution is -1.98. The van der Waals surface area contributed by atoms with Crippen LogP contribution in [0.4, 0.5) is 4.39 Å². The molecule has 1 heterocycles. The maximum absolute atomic E-state index is 13.2. The van der Waals surface area contributed by atoms with E-state index >= 15 is 0 Å². The summed E-state index contributed by atoms with van der Waals surface area (Å²) in [5.41, 5.74) is 0.725. The van der Waals surface area contributed by atoms with Gasteiger partial charge in [0.1, 0.15) is 5.82 Å². The lowest BCUT2D eigenvalue weighted by molar-refractivity contribution is 0.0680. The quantitative estimate of drug-likeness (QED) is 0.839. The molecule has 82 valence electrons. The fourth-order valence-corrected chi connectivity index (χ4v) is 1.26. The van der Waals surface area contributed by atoms with Crippen molar-refractivity contribution < 1.29 is 18.8 Å². The van der Waals surface area contributed by atoms with E-state index in [1.165, 1.54) is 12.1 Å². The van der Waals surface area contributed by atoms with Crippen LogP contribution in [0, 0.1) is 12.7 Å². The summed E-state index contributed by atoms with van der Waals surface area (Å²) >= 11 is 0. The van der Waals surface area contributed by atoms with Crippen LogP contribution in [0.15, 0.2) is 22.7 Å². The molecular formula is C10H7FN2O3. The van der Waals surface area contributed by atoms with Gasteiger partial charge >= 0.3 is 5.97 Å². The molecule has 2 rings (SSSR count). The van der Waals surface area contributed by atoms with Gasteiger partial charge in [-0.25, -0.2) is 9.18 Å². The van der Waals surface area contributed by atoms with Crippen molar-refractivity contribution in [1.29, 1.82) is 0 Å². The standard InChI is InChI=1S/C10H7FN2O3/c1-5-6(3-2-4-7(5)11)9-12-8(10(14)15)13-16-9/h2-4H,1H3,(H,14,15). The SMILES string of the molecule is Cc1c(F)cccc1-c1nc(C(=O)O)no1. The predicted octanol–water partition coefficient (Wildman–Crippen LogP) is 1.88. The van der Waals surface area contributed by atoms with Crippen LogP contribution >= 0.6 is 0 Å². The van der Waals surface area contributed by atoms with Crippen LogP contribution in [-0.2, 0) is 0 Å². The third-order valence-corrected chi connectivity index (χ3v) is 2.12. The molecular weight excluding hydrogens is 215 g/mol. The molecule has 1 aromatic heterocycles. The van der Waals surface area contributed by atoms with E-state index in [1.807, 2.05) is 0 Å². The Morgan fingerprint density at radius 2 is 2.25 bits per heavy atom. The first-order valence-electron chi connectivity index (χ1n) is 4.42. The van der Waals surface area contributed by atoms with E-state index in [9.17, 15) is 9.18 Å². The molecule has 2 aromatic rings. The highest BCUT2D eigenvalue weighted by molar-refractivity contribution is 5.83. The van der Waals surface area contributed by atoms with Crippen LogP contribution < -0.4 is 0 Å². The van der Waals surface area contributed by atoms with Crippen molar-refractivity contribution in [3.8, 4) is 11.5 Å². The molecule has 0 unspecified atom stereocenters. The molecule has 16 heavy (non-hydrogen) atoms.